The van der Waals surface area contributed by atoms with Gasteiger partial charge in [0.05, 0.1) is 11.2 Å². The first-order chi connectivity index (χ1) is 9.20. The maximum atomic E-state index is 12.2. The molecule has 0 radical (unpaired) electrons. The fourth-order valence-electron chi connectivity index (χ4n) is 2.52. The minimum Gasteiger partial charge on any atom is -0.351 e. The topological polar surface area (TPSA) is 55.1 Å². The molecule has 2 aromatic rings. The van der Waals surface area contributed by atoms with E-state index in [0.29, 0.717) is 5.69 Å². The zero-order valence-electron chi connectivity index (χ0n) is 10.8. The molecule has 1 aliphatic carbocycles. The summed E-state index contributed by atoms with van der Waals surface area (Å²) >= 11 is 0. The third-order valence-corrected chi connectivity index (χ3v) is 3.74. The van der Waals surface area contributed by atoms with Crippen LogP contribution in [0.2, 0.25) is 0 Å². The van der Waals surface area contributed by atoms with Crippen molar-refractivity contribution in [3.05, 3.63) is 53.4 Å². The Bertz CT molecular complexity index is 585. The van der Waals surface area contributed by atoms with Crippen LogP contribution in [0.5, 0.6) is 0 Å². The number of nitrogens with zero attached hydrogens (tertiary/aromatic N) is 1. The van der Waals surface area contributed by atoms with Crippen LogP contribution in [0.4, 0.5) is 0 Å². The molecule has 1 N–H and O–H groups in total. The molecule has 1 heterocycles. The van der Waals surface area contributed by atoms with E-state index in [9.17, 15) is 4.79 Å². The van der Waals surface area contributed by atoms with E-state index in [1.807, 2.05) is 18.2 Å². The molecule has 4 heteroatoms. The number of hydrogen-bond acceptors (Lipinski definition) is 3. The van der Waals surface area contributed by atoms with Gasteiger partial charge in [-0.05, 0) is 31.7 Å². The SMILES string of the molecule is Cc1cc(C(=O)NC2(c3ccccc3)CCC2)on1. The zero-order chi connectivity index (χ0) is 13.3. The monoisotopic (exact) mass is 256 g/mol. The third-order valence-electron chi connectivity index (χ3n) is 3.74. The Labute approximate surface area is 111 Å². The minimum atomic E-state index is -0.237. The molecular weight excluding hydrogens is 240 g/mol. The summed E-state index contributed by atoms with van der Waals surface area (Å²) in [5.41, 5.74) is 1.64. The van der Waals surface area contributed by atoms with E-state index < -0.39 is 0 Å². The summed E-state index contributed by atoms with van der Waals surface area (Å²) in [4.78, 5) is 12.2. The average molecular weight is 256 g/mol. The fraction of sp³-hybridized carbons (Fsp3) is 0.333. The van der Waals surface area contributed by atoms with Crippen molar-refractivity contribution in [3.8, 4) is 0 Å². The Morgan fingerprint density at radius 1 is 1.32 bits per heavy atom. The smallest absolute Gasteiger partial charge is 0.290 e. The number of benzene rings is 1. The minimum absolute atomic E-state index is 0.191. The van der Waals surface area contributed by atoms with Gasteiger partial charge in [-0.25, -0.2) is 0 Å². The number of aryl methyl sites for hydroxylation is 1. The highest BCUT2D eigenvalue weighted by Gasteiger charge is 2.40. The maximum Gasteiger partial charge on any atom is 0.290 e. The maximum absolute atomic E-state index is 12.2. The van der Waals surface area contributed by atoms with Gasteiger partial charge >= 0.3 is 0 Å². The standard InChI is InChI=1S/C15H16N2O2/c1-11-10-13(19-17-11)14(18)16-15(8-5-9-15)12-6-3-2-4-7-12/h2-4,6-7,10H,5,8-9H2,1H3,(H,16,18). The van der Waals surface area contributed by atoms with Crippen LogP contribution in [-0.4, -0.2) is 11.1 Å². The van der Waals surface area contributed by atoms with Crippen molar-refractivity contribution in [1.29, 1.82) is 0 Å². The molecule has 4 nitrogen and oxygen atoms in total. The second-order valence-electron chi connectivity index (χ2n) is 5.09. The Morgan fingerprint density at radius 2 is 2.05 bits per heavy atom. The van der Waals surface area contributed by atoms with Gasteiger partial charge in [-0.1, -0.05) is 35.5 Å². The molecule has 3 rings (SSSR count). The molecule has 1 amide bonds. The van der Waals surface area contributed by atoms with Crippen LogP contribution < -0.4 is 5.32 Å². The highest BCUT2D eigenvalue weighted by atomic mass is 16.5. The van der Waals surface area contributed by atoms with Crippen molar-refractivity contribution >= 4 is 5.91 Å². The molecule has 0 atom stereocenters. The number of aromatic nitrogens is 1. The van der Waals surface area contributed by atoms with Gasteiger partial charge in [0.15, 0.2) is 0 Å². The molecule has 1 saturated carbocycles. The molecule has 98 valence electrons. The van der Waals surface area contributed by atoms with Gasteiger partial charge in [-0.3, -0.25) is 4.79 Å². The Balaban J connectivity index is 1.82. The van der Waals surface area contributed by atoms with Crippen LogP contribution >= 0.6 is 0 Å². The van der Waals surface area contributed by atoms with Gasteiger partial charge in [-0.2, -0.15) is 0 Å². The highest BCUT2D eigenvalue weighted by molar-refractivity contribution is 5.92. The van der Waals surface area contributed by atoms with Gasteiger partial charge in [0.25, 0.3) is 5.91 Å². The number of amides is 1. The summed E-state index contributed by atoms with van der Waals surface area (Å²) in [6.07, 6.45) is 3.07. The first kappa shape index (κ1) is 12.0. The molecule has 0 saturated heterocycles. The lowest BCUT2D eigenvalue weighted by atomic mass is 9.71. The van der Waals surface area contributed by atoms with Crippen molar-refractivity contribution in [2.24, 2.45) is 0 Å². The summed E-state index contributed by atoms with van der Waals surface area (Å²) in [6, 6.07) is 11.8. The van der Waals surface area contributed by atoms with Crippen molar-refractivity contribution in [2.75, 3.05) is 0 Å². The molecule has 0 unspecified atom stereocenters. The molecule has 1 fully saturated rings. The molecule has 0 spiro atoms. The van der Waals surface area contributed by atoms with Crippen LogP contribution in [-0.2, 0) is 5.54 Å². The number of carbonyl (C=O) groups excluding carboxylic acids is 1. The predicted octanol–water partition coefficient (Wildman–Crippen LogP) is 2.79. The molecule has 0 aliphatic heterocycles. The largest absolute Gasteiger partial charge is 0.351 e. The highest BCUT2D eigenvalue weighted by Crippen LogP contribution is 2.41. The van der Waals surface area contributed by atoms with Gasteiger partial charge in [-0.15, -0.1) is 0 Å². The van der Waals surface area contributed by atoms with E-state index in [4.69, 9.17) is 4.52 Å². The summed E-state index contributed by atoms with van der Waals surface area (Å²) in [5, 5.41) is 6.85. The zero-order valence-corrected chi connectivity index (χ0v) is 10.8. The van der Waals surface area contributed by atoms with Crippen LogP contribution in [0.15, 0.2) is 40.9 Å². The molecule has 1 aromatic carbocycles. The normalized spacial score (nSPS) is 16.7. The fourth-order valence-corrected chi connectivity index (χ4v) is 2.52. The van der Waals surface area contributed by atoms with Gasteiger partial charge in [0.1, 0.15) is 0 Å². The molecule has 19 heavy (non-hydrogen) atoms. The first-order valence-corrected chi connectivity index (χ1v) is 6.51. The Morgan fingerprint density at radius 3 is 2.58 bits per heavy atom. The second kappa shape index (κ2) is 4.53. The van der Waals surface area contributed by atoms with Crippen LogP contribution in [0, 0.1) is 6.92 Å². The Hall–Kier alpha value is -2.10. The molecular formula is C15H16N2O2. The van der Waals surface area contributed by atoms with Crippen LogP contribution in [0.25, 0.3) is 0 Å². The quantitative estimate of drug-likeness (QED) is 0.918. The number of nitrogens with one attached hydrogen (secondary N) is 1. The summed E-state index contributed by atoms with van der Waals surface area (Å²) < 4.78 is 5.01. The van der Waals surface area contributed by atoms with Gasteiger partial charge in [0, 0.05) is 6.07 Å². The van der Waals surface area contributed by atoms with Crippen LogP contribution in [0.1, 0.15) is 41.1 Å². The average Bonchev–Trinajstić information content (AvgIpc) is 2.81. The lowest BCUT2D eigenvalue weighted by Crippen LogP contribution is -2.50. The van der Waals surface area contributed by atoms with Crippen molar-refractivity contribution in [3.63, 3.8) is 0 Å². The molecule has 1 aromatic heterocycles. The first-order valence-electron chi connectivity index (χ1n) is 6.51. The number of carbonyl (C=O) groups is 1. The number of hydrogen-bond donors (Lipinski definition) is 1. The van der Waals surface area contributed by atoms with E-state index in [2.05, 4.69) is 22.6 Å². The van der Waals surface area contributed by atoms with Gasteiger partial charge in [0.2, 0.25) is 5.76 Å². The van der Waals surface area contributed by atoms with Crippen molar-refractivity contribution in [2.45, 2.75) is 31.7 Å². The summed E-state index contributed by atoms with van der Waals surface area (Å²) in [6.45, 7) is 1.80. The van der Waals surface area contributed by atoms with E-state index in [1.165, 1.54) is 0 Å². The number of rotatable bonds is 3. The third kappa shape index (κ3) is 2.14. The van der Waals surface area contributed by atoms with Crippen LogP contribution in [0.3, 0.4) is 0 Å². The van der Waals surface area contributed by atoms with Crippen molar-refractivity contribution < 1.29 is 9.32 Å². The van der Waals surface area contributed by atoms with E-state index >= 15 is 0 Å². The summed E-state index contributed by atoms with van der Waals surface area (Å²) in [7, 11) is 0. The second-order valence-corrected chi connectivity index (χ2v) is 5.09. The summed E-state index contributed by atoms with van der Waals surface area (Å²) in [5.74, 6) is 0.0869. The predicted molar refractivity (Wildman–Crippen MR) is 70.7 cm³/mol. The Kier molecular flexibility index (Phi) is 2.85. The lowest BCUT2D eigenvalue weighted by molar-refractivity contribution is 0.0785. The molecule has 0 bridgehead atoms. The molecule has 1 aliphatic rings. The van der Waals surface area contributed by atoms with E-state index in [1.54, 1.807) is 13.0 Å². The van der Waals surface area contributed by atoms with Gasteiger partial charge < -0.3 is 9.84 Å². The lowest BCUT2D eigenvalue weighted by Gasteiger charge is -2.42. The van der Waals surface area contributed by atoms with E-state index in [-0.39, 0.29) is 17.2 Å². The van der Waals surface area contributed by atoms with E-state index in [0.717, 1.165) is 24.8 Å². The van der Waals surface area contributed by atoms with Crippen molar-refractivity contribution in [1.82, 2.24) is 10.5 Å².